The third kappa shape index (κ3) is 3.82. The number of likely N-dealkylation sites (N-methyl/N-ethyl adjacent to an activating group) is 1. The van der Waals surface area contributed by atoms with Crippen LogP contribution in [0.3, 0.4) is 0 Å². The van der Waals surface area contributed by atoms with Crippen LogP contribution in [0.2, 0.25) is 0 Å². The number of benzene rings is 1. The maximum atomic E-state index is 14.6. The summed E-state index contributed by atoms with van der Waals surface area (Å²) in [4.78, 5) is 9.21. The average molecular weight is 433 g/mol. The Morgan fingerprint density at radius 1 is 1.12 bits per heavy atom. The van der Waals surface area contributed by atoms with Crippen molar-refractivity contribution in [1.82, 2.24) is 29.9 Å². The molecular formula is C23H25FN8. The number of aryl methyl sites for hydroxylation is 1. The second-order valence-electron chi connectivity index (χ2n) is 8.15. The topological polar surface area (TPSA) is 77.9 Å². The van der Waals surface area contributed by atoms with Crippen LogP contribution in [0, 0.1) is 5.82 Å². The third-order valence-corrected chi connectivity index (χ3v) is 5.82. The van der Waals surface area contributed by atoms with Gasteiger partial charge in [0.05, 0.1) is 29.3 Å². The number of aromatic amines is 1. The quantitative estimate of drug-likeness (QED) is 0.504. The first kappa shape index (κ1) is 20.2. The van der Waals surface area contributed by atoms with E-state index in [1.807, 2.05) is 12.1 Å². The number of H-pyrrole nitrogens is 1. The van der Waals surface area contributed by atoms with Gasteiger partial charge in [-0.25, -0.2) is 9.37 Å². The molecule has 32 heavy (non-hydrogen) atoms. The number of hydrogen-bond donors (Lipinski definition) is 2. The lowest BCUT2D eigenvalue weighted by Gasteiger charge is -2.33. The van der Waals surface area contributed by atoms with Gasteiger partial charge in [0.25, 0.3) is 0 Å². The fraction of sp³-hybridized carbons (Fsp3) is 0.261. The molecule has 0 spiro atoms. The van der Waals surface area contributed by atoms with E-state index in [2.05, 4.69) is 49.0 Å². The molecule has 0 aliphatic carbocycles. The van der Waals surface area contributed by atoms with Crippen LogP contribution < -0.4 is 10.2 Å². The Morgan fingerprint density at radius 2 is 1.94 bits per heavy atom. The molecule has 1 aliphatic heterocycles. The Labute approximate surface area is 185 Å². The SMILES string of the molecule is C=C(Nc1ccc(N2CCN(C)CC2)nc1)c1n[nH]c2cc(F)c(-c3cnn(C)c3)cc12. The van der Waals surface area contributed by atoms with Crippen molar-refractivity contribution in [2.24, 2.45) is 7.05 Å². The molecule has 2 N–H and O–H groups in total. The largest absolute Gasteiger partial charge is 0.354 e. The van der Waals surface area contributed by atoms with Gasteiger partial charge >= 0.3 is 0 Å². The molecule has 0 unspecified atom stereocenters. The first-order valence-electron chi connectivity index (χ1n) is 10.5. The number of pyridine rings is 1. The van der Waals surface area contributed by atoms with E-state index in [1.165, 1.54) is 6.07 Å². The van der Waals surface area contributed by atoms with Crippen LogP contribution in [-0.4, -0.2) is 63.1 Å². The predicted octanol–water partition coefficient (Wildman–Crippen LogP) is 3.33. The molecule has 4 aromatic rings. The lowest BCUT2D eigenvalue weighted by molar-refractivity contribution is 0.312. The maximum absolute atomic E-state index is 14.6. The zero-order valence-electron chi connectivity index (χ0n) is 18.1. The molecule has 0 amide bonds. The van der Waals surface area contributed by atoms with Gasteiger partial charge in [0.15, 0.2) is 0 Å². The summed E-state index contributed by atoms with van der Waals surface area (Å²) >= 11 is 0. The second-order valence-corrected chi connectivity index (χ2v) is 8.15. The van der Waals surface area contributed by atoms with Gasteiger partial charge in [0, 0.05) is 62.0 Å². The van der Waals surface area contributed by atoms with Gasteiger partial charge in [-0.15, -0.1) is 0 Å². The minimum Gasteiger partial charge on any atom is -0.354 e. The number of hydrogen-bond acceptors (Lipinski definition) is 6. The highest BCUT2D eigenvalue weighted by Gasteiger charge is 2.17. The summed E-state index contributed by atoms with van der Waals surface area (Å²) in [6.45, 7) is 8.15. The van der Waals surface area contributed by atoms with Crippen molar-refractivity contribution in [3.63, 3.8) is 0 Å². The van der Waals surface area contributed by atoms with Crippen molar-refractivity contribution in [1.29, 1.82) is 0 Å². The summed E-state index contributed by atoms with van der Waals surface area (Å²) in [5.41, 5.74) is 3.85. The molecule has 1 fully saturated rings. The van der Waals surface area contributed by atoms with Crippen molar-refractivity contribution in [3.05, 3.63) is 60.9 Å². The molecule has 4 heterocycles. The van der Waals surface area contributed by atoms with Crippen molar-refractivity contribution < 1.29 is 4.39 Å². The molecule has 0 atom stereocenters. The molecule has 8 nitrogen and oxygen atoms in total. The van der Waals surface area contributed by atoms with Gasteiger partial charge in [-0.2, -0.15) is 10.2 Å². The average Bonchev–Trinajstić information content (AvgIpc) is 3.40. The number of nitrogens with zero attached hydrogens (tertiary/aromatic N) is 6. The highest BCUT2D eigenvalue weighted by Crippen LogP contribution is 2.30. The maximum Gasteiger partial charge on any atom is 0.133 e. The second kappa shape index (κ2) is 8.08. The number of aromatic nitrogens is 5. The molecule has 3 aromatic heterocycles. The molecule has 1 aliphatic rings. The van der Waals surface area contributed by atoms with Gasteiger partial charge in [-0.05, 0) is 25.2 Å². The summed E-state index contributed by atoms with van der Waals surface area (Å²) in [5, 5.41) is 15.5. The Kier molecular flexibility index (Phi) is 5.10. The Balaban J connectivity index is 1.37. The predicted molar refractivity (Wildman–Crippen MR) is 125 cm³/mol. The fourth-order valence-corrected chi connectivity index (χ4v) is 3.97. The Bertz CT molecular complexity index is 1270. The summed E-state index contributed by atoms with van der Waals surface area (Å²) < 4.78 is 16.3. The Morgan fingerprint density at radius 3 is 2.62 bits per heavy atom. The highest BCUT2D eigenvalue weighted by molar-refractivity contribution is 5.95. The van der Waals surface area contributed by atoms with Crippen molar-refractivity contribution in [3.8, 4) is 11.1 Å². The van der Waals surface area contributed by atoms with Crippen LogP contribution in [0.5, 0.6) is 0 Å². The monoisotopic (exact) mass is 432 g/mol. The Hall–Kier alpha value is -3.72. The molecular weight excluding hydrogens is 407 g/mol. The summed E-state index contributed by atoms with van der Waals surface area (Å²) in [5.74, 6) is 0.638. The lowest BCUT2D eigenvalue weighted by atomic mass is 10.0. The molecule has 164 valence electrons. The van der Waals surface area contributed by atoms with Crippen LogP contribution in [0.25, 0.3) is 27.7 Å². The van der Waals surface area contributed by atoms with E-state index < -0.39 is 0 Å². The van der Waals surface area contributed by atoms with E-state index in [0.717, 1.165) is 43.1 Å². The standard InChI is InChI=1S/C23H25FN8/c1-15(27-17-4-5-22(25-13-17)32-8-6-30(2)7-9-32)23-19-10-18(16-12-26-31(3)14-16)20(24)11-21(19)28-29-23/h4-5,10-14,27H,1,6-9H2,2-3H3,(H,28,29). The first-order chi connectivity index (χ1) is 15.5. The highest BCUT2D eigenvalue weighted by atomic mass is 19.1. The zero-order valence-corrected chi connectivity index (χ0v) is 18.1. The minimum atomic E-state index is -0.331. The summed E-state index contributed by atoms with van der Waals surface area (Å²) in [6, 6.07) is 7.23. The third-order valence-electron chi connectivity index (χ3n) is 5.82. The fourth-order valence-electron chi connectivity index (χ4n) is 3.97. The number of nitrogens with one attached hydrogen (secondary N) is 2. The van der Waals surface area contributed by atoms with Crippen molar-refractivity contribution >= 4 is 28.1 Å². The van der Waals surface area contributed by atoms with Gasteiger partial charge in [-0.3, -0.25) is 9.78 Å². The number of anilines is 2. The van der Waals surface area contributed by atoms with Crippen molar-refractivity contribution in [2.45, 2.75) is 0 Å². The van der Waals surface area contributed by atoms with E-state index >= 15 is 0 Å². The molecule has 1 saturated heterocycles. The molecule has 0 bridgehead atoms. The molecule has 5 rings (SSSR count). The van der Waals surface area contributed by atoms with Gasteiger partial charge in [0.1, 0.15) is 17.3 Å². The van der Waals surface area contributed by atoms with E-state index in [9.17, 15) is 4.39 Å². The summed E-state index contributed by atoms with van der Waals surface area (Å²) in [6.07, 6.45) is 5.23. The number of piperazine rings is 1. The number of fused-ring (bicyclic) bond motifs is 1. The van der Waals surface area contributed by atoms with E-state index in [1.54, 1.807) is 36.4 Å². The van der Waals surface area contributed by atoms with Crippen LogP contribution >= 0.6 is 0 Å². The number of halogens is 1. The van der Waals surface area contributed by atoms with Gasteiger partial charge < -0.3 is 15.1 Å². The van der Waals surface area contributed by atoms with E-state index in [0.29, 0.717) is 28.0 Å². The molecule has 0 saturated carbocycles. The molecule has 9 heteroatoms. The lowest BCUT2D eigenvalue weighted by Crippen LogP contribution is -2.44. The van der Waals surface area contributed by atoms with Crippen LogP contribution in [0.15, 0.2) is 49.4 Å². The van der Waals surface area contributed by atoms with Crippen molar-refractivity contribution in [2.75, 3.05) is 43.4 Å². The van der Waals surface area contributed by atoms with Crippen LogP contribution in [-0.2, 0) is 7.05 Å². The van der Waals surface area contributed by atoms with Gasteiger partial charge in [-0.1, -0.05) is 6.58 Å². The van der Waals surface area contributed by atoms with Crippen LogP contribution in [0.1, 0.15) is 5.69 Å². The molecule has 1 aromatic carbocycles. The summed E-state index contributed by atoms with van der Waals surface area (Å²) in [7, 11) is 3.94. The van der Waals surface area contributed by atoms with Gasteiger partial charge in [0.2, 0.25) is 0 Å². The zero-order chi connectivity index (χ0) is 22.2. The minimum absolute atomic E-state index is 0.331. The first-order valence-corrected chi connectivity index (χ1v) is 10.5. The molecule has 0 radical (unpaired) electrons. The van der Waals surface area contributed by atoms with E-state index in [4.69, 9.17) is 0 Å². The van der Waals surface area contributed by atoms with Crippen LogP contribution in [0.4, 0.5) is 15.9 Å². The number of rotatable bonds is 5. The normalized spacial score (nSPS) is 14.8. The van der Waals surface area contributed by atoms with E-state index in [-0.39, 0.29) is 5.82 Å². The smallest absolute Gasteiger partial charge is 0.133 e.